The Morgan fingerprint density at radius 2 is 1.51 bits per heavy atom. The maximum Gasteiger partial charge on any atom is 0.338 e. The van der Waals surface area contributed by atoms with Gasteiger partial charge in [-0.1, -0.05) is 24.3 Å². The van der Waals surface area contributed by atoms with Crippen LogP contribution in [0, 0.1) is 0 Å². The van der Waals surface area contributed by atoms with Crippen LogP contribution in [0.3, 0.4) is 0 Å². The molecule has 3 rings (SSSR count). The summed E-state index contributed by atoms with van der Waals surface area (Å²) in [7, 11) is 6.06. The first kappa shape index (κ1) is 29.3. The zero-order valence-electron chi connectivity index (χ0n) is 22.6. The number of hydrogen-bond donors (Lipinski definition) is 2. The lowest BCUT2D eigenvalue weighted by Gasteiger charge is -2.15. The molecule has 2 N–H and O–H groups in total. The Balaban J connectivity index is 1.52. The molecule has 0 saturated heterocycles. The van der Waals surface area contributed by atoms with Crippen LogP contribution in [0.4, 0.5) is 0 Å². The molecule has 0 aliphatic carbocycles. The summed E-state index contributed by atoms with van der Waals surface area (Å²) in [5.41, 5.74) is 1.73. The van der Waals surface area contributed by atoms with Gasteiger partial charge in [-0.15, -0.1) is 0 Å². The van der Waals surface area contributed by atoms with E-state index < -0.39 is 12.1 Å². The van der Waals surface area contributed by atoms with Crippen LogP contribution in [0.1, 0.15) is 11.1 Å². The van der Waals surface area contributed by atoms with Gasteiger partial charge in [0.25, 0.3) is 0 Å². The van der Waals surface area contributed by atoms with E-state index in [2.05, 4.69) is 5.32 Å². The fourth-order valence-corrected chi connectivity index (χ4v) is 3.67. The molecule has 0 heterocycles. The second kappa shape index (κ2) is 15.3. The van der Waals surface area contributed by atoms with E-state index in [0.29, 0.717) is 59.6 Å². The van der Waals surface area contributed by atoms with E-state index in [1.807, 2.05) is 24.3 Å². The van der Waals surface area contributed by atoms with Gasteiger partial charge in [0.1, 0.15) is 36.6 Å². The minimum Gasteiger partial charge on any atom is -0.497 e. The molecule has 0 aromatic heterocycles. The average Bonchev–Trinajstić information content (AvgIpc) is 2.98. The molecule has 3 aromatic rings. The summed E-state index contributed by atoms with van der Waals surface area (Å²) in [4.78, 5) is 12.5. The number of aliphatic hydroxyl groups excluding tert-OH is 1. The summed E-state index contributed by atoms with van der Waals surface area (Å²) in [6.07, 6.45) is 0.990. The maximum atomic E-state index is 12.5. The summed E-state index contributed by atoms with van der Waals surface area (Å²) >= 11 is 0. The molecule has 0 amide bonds. The number of para-hydroxylation sites is 2. The van der Waals surface area contributed by atoms with Gasteiger partial charge in [-0.2, -0.15) is 0 Å². The Kier molecular flexibility index (Phi) is 11.5. The van der Waals surface area contributed by atoms with E-state index in [1.54, 1.807) is 69.9 Å². The van der Waals surface area contributed by atoms with E-state index in [4.69, 9.17) is 28.4 Å². The fourth-order valence-electron chi connectivity index (χ4n) is 3.67. The van der Waals surface area contributed by atoms with Crippen molar-refractivity contribution >= 4 is 17.6 Å². The van der Waals surface area contributed by atoms with E-state index in [9.17, 15) is 9.90 Å². The molecule has 0 spiro atoms. The number of carbonyl (C=O) groups excluding carboxylic acids is 1. The Bertz CT molecular complexity index is 1200. The highest BCUT2D eigenvalue weighted by Gasteiger charge is 2.14. The van der Waals surface area contributed by atoms with Gasteiger partial charge in [0.2, 0.25) is 0 Å². The summed E-state index contributed by atoms with van der Waals surface area (Å²) in [5.74, 6) is 2.62. The van der Waals surface area contributed by atoms with E-state index in [0.717, 1.165) is 5.56 Å². The third kappa shape index (κ3) is 8.94. The molecule has 208 valence electrons. The zero-order chi connectivity index (χ0) is 28.0. The van der Waals surface area contributed by atoms with Crippen molar-refractivity contribution in [3.63, 3.8) is 0 Å². The molecule has 0 saturated carbocycles. The van der Waals surface area contributed by atoms with Crippen molar-refractivity contribution in [2.24, 2.45) is 0 Å². The van der Waals surface area contributed by atoms with Gasteiger partial charge >= 0.3 is 5.97 Å². The molecule has 1 unspecified atom stereocenters. The number of hydrogen-bond acceptors (Lipinski definition) is 9. The van der Waals surface area contributed by atoms with Gasteiger partial charge in [0, 0.05) is 19.2 Å². The molecule has 0 aliphatic heterocycles. The standard InChI is InChI=1S/C30H35NO8/c1-34-25-15-21(16-26(18-25)35-2)17-27(30(33)37-4)22-9-11-24(12-10-22)39-20-23(32)19-31-13-14-38-29-8-6-5-7-28(29)36-3/h5-12,15-18,23,31-32H,13-14,19-20H2,1-4H3. The van der Waals surface area contributed by atoms with Crippen molar-refractivity contribution in [3.05, 3.63) is 77.9 Å². The molecule has 9 heteroatoms. The average molecular weight is 538 g/mol. The first-order chi connectivity index (χ1) is 19.0. The summed E-state index contributed by atoms with van der Waals surface area (Å²) in [6.45, 7) is 1.41. The molecular weight excluding hydrogens is 502 g/mol. The molecule has 9 nitrogen and oxygen atoms in total. The van der Waals surface area contributed by atoms with Gasteiger partial charge in [0.15, 0.2) is 11.5 Å². The summed E-state index contributed by atoms with van der Waals surface area (Å²) in [6, 6.07) is 19.8. The van der Waals surface area contributed by atoms with Crippen LogP contribution in [-0.2, 0) is 9.53 Å². The highest BCUT2D eigenvalue weighted by atomic mass is 16.5. The summed E-state index contributed by atoms with van der Waals surface area (Å²) in [5, 5.41) is 13.4. The van der Waals surface area contributed by atoms with E-state index in [-0.39, 0.29) is 6.61 Å². The smallest absolute Gasteiger partial charge is 0.338 e. The van der Waals surface area contributed by atoms with Gasteiger partial charge in [-0.05, 0) is 53.6 Å². The van der Waals surface area contributed by atoms with Gasteiger partial charge < -0.3 is 38.8 Å². The Labute approximate surface area is 228 Å². The Morgan fingerprint density at radius 3 is 2.13 bits per heavy atom. The molecular formula is C30H35NO8. The molecule has 0 aliphatic rings. The number of ether oxygens (including phenoxy) is 6. The zero-order valence-corrected chi connectivity index (χ0v) is 22.6. The van der Waals surface area contributed by atoms with Crippen LogP contribution >= 0.6 is 0 Å². The van der Waals surface area contributed by atoms with E-state index in [1.165, 1.54) is 7.11 Å². The number of rotatable bonds is 15. The first-order valence-electron chi connectivity index (χ1n) is 12.4. The van der Waals surface area contributed by atoms with Gasteiger partial charge in [0.05, 0.1) is 34.0 Å². The predicted octanol–water partition coefficient (Wildman–Crippen LogP) is 3.83. The Morgan fingerprint density at radius 1 is 0.846 bits per heavy atom. The lowest BCUT2D eigenvalue weighted by atomic mass is 10.0. The van der Waals surface area contributed by atoms with Crippen LogP contribution in [0.25, 0.3) is 11.6 Å². The normalized spacial score (nSPS) is 11.9. The maximum absolute atomic E-state index is 12.5. The van der Waals surface area contributed by atoms with Crippen molar-refractivity contribution in [2.75, 3.05) is 54.7 Å². The monoisotopic (exact) mass is 537 g/mol. The van der Waals surface area contributed by atoms with Crippen molar-refractivity contribution in [3.8, 4) is 28.7 Å². The van der Waals surface area contributed by atoms with Crippen molar-refractivity contribution in [1.29, 1.82) is 0 Å². The SMILES string of the molecule is COC(=O)C(=Cc1cc(OC)cc(OC)c1)c1ccc(OCC(O)CNCCOc2ccccc2OC)cc1. The Hall–Kier alpha value is -4.21. The minimum absolute atomic E-state index is 0.100. The van der Waals surface area contributed by atoms with Gasteiger partial charge in [-0.25, -0.2) is 4.79 Å². The third-order valence-electron chi connectivity index (χ3n) is 5.68. The van der Waals surface area contributed by atoms with Crippen LogP contribution in [0.15, 0.2) is 66.7 Å². The number of carbonyl (C=O) groups is 1. The predicted molar refractivity (Wildman–Crippen MR) is 149 cm³/mol. The molecule has 0 bridgehead atoms. The third-order valence-corrected chi connectivity index (χ3v) is 5.68. The van der Waals surface area contributed by atoms with Gasteiger partial charge in [-0.3, -0.25) is 0 Å². The van der Waals surface area contributed by atoms with E-state index >= 15 is 0 Å². The van der Waals surface area contributed by atoms with Crippen molar-refractivity contribution in [2.45, 2.75) is 6.10 Å². The number of esters is 1. The van der Waals surface area contributed by atoms with Crippen LogP contribution in [-0.4, -0.2) is 71.9 Å². The first-order valence-corrected chi connectivity index (χ1v) is 12.4. The minimum atomic E-state index is -0.718. The lowest BCUT2D eigenvalue weighted by Crippen LogP contribution is -2.33. The van der Waals surface area contributed by atoms with Crippen molar-refractivity contribution in [1.82, 2.24) is 5.32 Å². The molecule has 39 heavy (non-hydrogen) atoms. The molecule has 1 atom stereocenters. The number of methoxy groups -OCH3 is 4. The van der Waals surface area contributed by atoms with Crippen LogP contribution in [0.2, 0.25) is 0 Å². The number of benzene rings is 3. The molecule has 3 aromatic carbocycles. The van der Waals surface area contributed by atoms with Crippen molar-refractivity contribution < 1.29 is 38.3 Å². The highest BCUT2D eigenvalue weighted by Crippen LogP contribution is 2.28. The lowest BCUT2D eigenvalue weighted by molar-refractivity contribution is -0.133. The van der Waals surface area contributed by atoms with Crippen LogP contribution in [0.5, 0.6) is 28.7 Å². The largest absolute Gasteiger partial charge is 0.497 e. The second-order valence-electron chi connectivity index (χ2n) is 8.39. The fraction of sp³-hybridized carbons (Fsp3) is 0.300. The molecule has 0 radical (unpaired) electrons. The molecule has 0 fully saturated rings. The van der Waals surface area contributed by atoms with Crippen LogP contribution < -0.4 is 29.0 Å². The topological polar surface area (TPSA) is 105 Å². The number of nitrogens with one attached hydrogen (secondary N) is 1. The number of aliphatic hydroxyl groups is 1. The highest BCUT2D eigenvalue weighted by molar-refractivity contribution is 6.21. The quantitative estimate of drug-likeness (QED) is 0.130. The second-order valence-corrected chi connectivity index (χ2v) is 8.39. The summed E-state index contributed by atoms with van der Waals surface area (Å²) < 4.78 is 32.3.